The molecule has 0 aliphatic carbocycles. The largest absolute Gasteiger partial charge is 0.465 e. The minimum atomic E-state index is -0.453. The molecule has 2 aromatic heterocycles. The molecule has 1 N–H and O–H groups in total. The second-order valence-corrected chi connectivity index (χ2v) is 5.76. The van der Waals surface area contributed by atoms with Crippen molar-refractivity contribution in [1.82, 2.24) is 25.1 Å². The van der Waals surface area contributed by atoms with Gasteiger partial charge in [-0.1, -0.05) is 0 Å². The number of hydrogen-bond donors (Lipinski definition) is 1. The highest BCUT2D eigenvalue weighted by Crippen LogP contribution is 2.14. The standard InChI is InChI=1S/C16H22N6O4/c1-2-26-16(24)11-17-15(23)6-5-13-19-18-12-3-4-14(20-22(12)13)21-7-9-25-10-8-21/h3-4H,2,5-11H2,1H3,(H,17,23). The van der Waals surface area contributed by atoms with E-state index >= 15 is 0 Å². The number of morpholine rings is 1. The zero-order chi connectivity index (χ0) is 18.4. The summed E-state index contributed by atoms with van der Waals surface area (Å²) in [5.41, 5.74) is 0.629. The fourth-order valence-corrected chi connectivity index (χ4v) is 2.64. The van der Waals surface area contributed by atoms with E-state index in [1.54, 1.807) is 11.4 Å². The van der Waals surface area contributed by atoms with Gasteiger partial charge in [-0.2, -0.15) is 4.52 Å². The smallest absolute Gasteiger partial charge is 0.325 e. The molecule has 10 heteroatoms. The van der Waals surface area contributed by atoms with Crippen LogP contribution in [0.3, 0.4) is 0 Å². The van der Waals surface area contributed by atoms with E-state index in [2.05, 4.69) is 25.5 Å². The fraction of sp³-hybridized carbons (Fsp3) is 0.562. The van der Waals surface area contributed by atoms with Gasteiger partial charge in [-0.05, 0) is 19.1 Å². The van der Waals surface area contributed by atoms with E-state index in [-0.39, 0.29) is 25.5 Å². The first-order valence-corrected chi connectivity index (χ1v) is 8.63. The molecule has 3 heterocycles. The Bertz CT molecular complexity index is 771. The normalized spacial score (nSPS) is 14.4. The molecule has 1 saturated heterocycles. The zero-order valence-corrected chi connectivity index (χ0v) is 14.7. The fourth-order valence-electron chi connectivity index (χ4n) is 2.64. The highest BCUT2D eigenvalue weighted by molar-refractivity contribution is 5.81. The average Bonchev–Trinajstić information content (AvgIpc) is 3.08. The number of esters is 1. The highest BCUT2D eigenvalue weighted by Gasteiger charge is 2.15. The topological polar surface area (TPSA) is 111 Å². The van der Waals surface area contributed by atoms with Gasteiger partial charge in [0.05, 0.1) is 19.8 Å². The van der Waals surface area contributed by atoms with E-state index in [0.29, 0.717) is 31.1 Å². The van der Waals surface area contributed by atoms with Crippen LogP contribution in [0.1, 0.15) is 19.2 Å². The maximum Gasteiger partial charge on any atom is 0.325 e. The first-order valence-electron chi connectivity index (χ1n) is 8.63. The number of aromatic nitrogens is 4. The Balaban J connectivity index is 1.60. The van der Waals surface area contributed by atoms with Gasteiger partial charge in [-0.15, -0.1) is 15.3 Å². The molecule has 1 amide bonds. The molecule has 3 rings (SSSR count). The number of hydrogen-bond acceptors (Lipinski definition) is 8. The number of carbonyl (C=O) groups excluding carboxylic acids is 2. The van der Waals surface area contributed by atoms with Crippen molar-refractivity contribution >= 4 is 23.3 Å². The van der Waals surface area contributed by atoms with Crippen LogP contribution in [0.5, 0.6) is 0 Å². The summed E-state index contributed by atoms with van der Waals surface area (Å²) in [6, 6.07) is 3.76. The molecular formula is C16H22N6O4. The third kappa shape index (κ3) is 4.45. The van der Waals surface area contributed by atoms with Gasteiger partial charge in [0.15, 0.2) is 11.5 Å². The van der Waals surface area contributed by atoms with Crippen LogP contribution in [-0.2, 0) is 25.5 Å². The Morgan fingerprint density at radius 1 is 1.27 bits per heavy atom. The third-order valence-electron chi connectivity index (χ3n) is 3.96. The predicted molar refractivity (Wildman–Crippen MR) is 91.8 cm³/mol. The number of nitrogens with zero attached hydrogens (tertiary/aromatic N) is 5. The van der Waals surface area contributed by atoms with Crippen LogP contribution >= 0.6 is 0 Å². The first kappa shape index (κ1) is 18.1. The van der Waals surface area contributed by atoms with E-state index < -0.39 is 5.97 Å². The summed E-state index contributed by atoms with van der Waals surface area (Å²) >= 11 is 0. The summed E-state index contributed by atoms with van der Waals surface area (Å²) in [7, 11) is 0. The van der Waals surface area contributed by atoms with Gasteiger partial charge in [0.2, 0.25) is 5.91 Å². The summed E-state index contributed by atoms with van der Waals surface area (Å²) in [5, 5.41) is 15.3. The van der Waals surface area contributed by atoms with Crippen molar-refractivity contribution in [3.05, 3.63) is 18.0 Å². The van der Waals surface area contributed by atoms with Gasteiger partial charge in [0.25, 0.3) is 0 Å². The molecule has 1 aliphatic heterocycles. The van der Waals surface area contributed by atoms with E-state index in [9.17, 15) is 9.59 Å². The molecule has 0 bridgehead atoms. The third-order valence-corrected chi connectivity index (χ3v) is 3.96. The van der Waals surface area contributed by atoms with Crippen molar-refractivity contribution in [3.63, 3.8) is 0 Å². The number of amides is 1. The summed E-state index contributed by atoms with van der Waals surface area (Å²) in [6.07, 6.45) is 0.555. The number of rotatable bonds is 7. The van der Waals surface area contributed by atoms with Crippen molar-refractivity contribution in [2.45, 2.75) is 19.8 Å². The monoisotopic (exact) mass is 362 g/mol. The van der Waals surface area contributed by atoms with E-state index in [4.69, 9.17) is 9.47 Å². The van der Waals surface area contributed by atoms with Crippen molar-refractivity contribution in [1.29, 1.82) is 0 Å². The van der Waals surface area contributed by atoms with Crippen LogP contribution in [0.2, 0.25) is 0 Å². The molecule has 0 saturated carbocycles. The van der Waals surface area contributed by atoms with E-state index in [1.165, 1.54) is 0 Å². The maximum atomic E-state index is 11.9. The van der Waals surface area contributed by atoms with Crippen molar-refractivity contribution in [2.75, 3.05) is 44.4 Å². The molecule has 2 aromatic rings. The van der Waals surface area contributed by atoms with Crippen LogP contribution in [0.4, 0.5) is 5.82 Å². The van der Waals surface area contributed by atoms with Crippen molar-refractivity contribution < 1.29 is 19.1 Å². The minimum absolute atomic E-state index is 0.132. The van der Waals surface area contributed by atoms with Crippen LogP contribution in [0, 0.1) is 0 Å². The number of fused-ring (bicyclic) bond motifs is 1. The SMILES string of the molecule is CCOC(=O)CNC(=O)CCc1nnc2ccc(N3CCOCC3)nn12. The molecule has 0 unspecified atom stereocenters. The predicted octanol–water partition coefficient (Wildman–Crippen LogP) is -0.427. The van der Waals surface area contributed by atoms with Gasteiger partial charge in [0, 0.05) is 25.9 Å². The van der Waals surface area contributed by atoms with Crippen LogP contribution in [0.15, 0.2) is 12.1 Å². The molecule has 26 heavy (non-hydrogen) atoms. The molecule has 0 aromatic carbocycles. The Hall–Kier alpha value is -2.75. The van der Waals surface area contributed by atoms with Gasteiger partial charge >= 0.3 is 5.97 Å². The van der Waals surface area contributed by atoms with Crippen LogP contribution in [-0.4, -0.2) is 71.1 Å². The number of nitrogens with one attached hydrogen (secondary N) is 1. The molecule has 1 fully saturated rings. The molecular weight excluding hydrogens is 340 g/mol. The number of carbonyl (C=O) groups is 2. The Morgan fingerprint density at radius 3 is 2.85 bits per heavy atom. The Kier molecular flexibility index (Phi) is 5.95. The molecule has 140 valence electrons. The van der Waals surface area contributed by atoms with Gasteiger partial charge in [0.1, 0.15) is 12.4 Å². The molecule has 0 radical (unpaired) electrons. The number of ether oxygens (including phenoxy) is 2. The molecule has 0 spiro atoms. The summed E-state index contributed by atoms with van der Waals surface area (Å²) in [4.78, 5) is 25.3. The van der Waals surface area contributed by atoms with Crippen molar-refractivity contribution in [3.8, 4) is 0 Å². The second kappa shape index (κ2) is 8.56. The van der Waals surface area contributed by atoms with Gasteiger partial charge in [-0.3, -0.25) is 9.59 Å². The molecule has 1 aliphatic rings. The van der Waals surface area contributed by atoms with Gasteiger partial charge < -0.3 is 19.7 Å². The number of aryl methyl sites for hydroxylation is 1. The van der Waals surface area contributed by atoms with Gasteiger partial charge in [-0.25, -0.2) is 0 Å². The first-order chi connectivity index (χ1) is 12.7. The lowest BCUT2D eigenvalue weighted by molar-refractivity contribution is -0.143. The minimum Gasteiger partial charge on any atom is -0.465 e. The summed E-state index contributed by atoms with van der Waals surface area (Å²) in [5.74, 6) is 0.722. The quantitative estimate of drug-likeness (QED) is 0.661. The molecule has 0 atom stereocenters. The van der Waals surface area contributed by atoms with Crippen LogP contribution < -0.4 is 10.2 Å². The lowest BCUT2D eigenvalue weighted by Gasteiger charge is -2.27. The van der Waals surface area contributed by atoms with Crippen molar-refractivity contribution in [2.24, 2.45) is 0 Å². The van der Waals surface area contributed by atoms with E-state index in [1.807, 2.05) is 12.1 Å². The summed E-state index contributed by atoms with van der Waals surface area (Å²) < 4.78 is 11.8. The Labute approximate surface area is 150 Å². The number of anilines is 1. The van der Waals surface area contributed by atoms with E-state index in [0.717, 1.165) is 18.9 Å². The highest BCUT2D eigenvalue weighted by atomic mass is 16.5. The lowest BCUT2D eigenvalue weighted by atomic mass is 10.3. The molecule has 10 nitrogen and oxygen atoms in total. The zero-order valence-electron chi connectivity index (χ0n) is 14.7. The Morgan fingerprint density at radius 2 is 2.08 bits per heavy atom. The second-order valence-electron chi connectivity index (χ2n) is 5.76. The lowest BCUT2D eigenvalue weighted by Crippen LogP contribution is -2.37. The average molecular weight is 362 g/mol. The van der Waals surface area contributed by atoms with Crippen LogP contribution in [0.25, 0.3) is 5.65 Å². The summed E-state index contributed by atoms with van der Waals surface area (Å²) in [6.45, 7) is 4.79. The maximum absolute atomic E-state index is 11.9.